The number of aliphatic hydroxyl groups is 2. The van der Waals surface area contributed by atoms with E-state index in [1.54, 1.807) is 14.0 Å². The summed E-state index contributed by atoms with van der Waals surface area (Å²) in [5.41, 5.74) is 10.3. The van der Waals surface area contributed by atoms with Gasteiger partial charge in [0.1, 0.15) is 17.9 Å². The van der Waals surface area contributed by atoms with Crippen molar-refractivity contribution < 1.29 is 29.4 Å². The highest BCUT2D eigenvalue weighted by Crippen LogP contribution is 2.38. The Kier molecular flexibility index (Phi) is 11.2. The first-order chi connectivity index (χ1) is 21.4. The minimum Gasteiger partial charge on any atom is -0.496 e. The Labute approximate surface area is 265 Å². The van der Waals surface area contributed by atoms with Crippen LogP contribution in [0.3, 0.4) is 0 Å². The minimum absolute atomic E-state index is 0.106. The van der Waals surface area contributed by atoms with Crippen molar-refractivity contribution in [2.45, 2.75) is 37.8 Å². The quantitative estimate of drug-likeness (QED) is 0.227. The first-order valence-corrected chi connectivity index (χ1v) is 15.0. The highest BCUT2D eigenvalue weighted by Gasteiger charge is 2.48. The highest BCUT2D eigenvalue weighted by molar-refractivity contribution is 5.97. The number of nitrogens with zero attached hydrogens (tertiary/aromatic N) is 3. The van der Waals surface area contributed by atoms with Gasteiger partial charge < -0.3 is 35.8 Å². The number of anilines is 1. The van der Waals surface area contributed by atoms with E-state index in [4.69, 9.17) is 15.3 Å². The normalized spacial score (nSPS) is 19.7. The number of amides is 2. The second-order valence-corrected chi connectivity index (χ2v) is 11.9. The summed E-state index contributed by atoms with van der Waals surface area (Å²) < 4.78 is 5.91. The zero-order valence-corrected chi connectivity index (χ0v) is 26.8. The van der Waals surface area contributed by atoms with E-state index in [0.717, 1.165) is 22.4 Å². The van der Waals surface area contributed by atoms with Crippen LogP contribution in [-0.2, 0) is 16.2 Å². The molecule has 5 atom stereocenters. The van der Waals surface area contributed by atoms with Gasteiger partial charge in [-0.15, -0.1) is 0 Å². The van der Waals surface area contributed by atoms with Crippen molar-refractivity contribution in [1.82, 2.24) is 15.3 Å². The molecule has 11 heteroatoms. The van der Waals surface area contributed by atoms with Crippen LogP contribution in [-0.4, -0.2) is 98.7 Å². The number of aliphatic hydroxyl groups excluding tert-OH is 2. The van der Waals surface area contributed by atoms with Crippen molar-refractivity contribution in [3.05, 3.63) is 83.4 Å². The van der Waals surface area contributed by atoms with Crippen molar-refractivity contribution in [1.29, 1.82) is 0 Å². The van der Waals surface area contributed by atoms with Gasteiger partial charge in [-0.3, -0.25) is 14.4 Å². The smallest absolute Gasteiger partial charge is 0.251 e. The predicted octanol–water partition coefficient (Wildman–Crippen LogP) is 2.42. The maximum Gasteiger partial charge on any atom is 0.251 e. The molecule has 3 aromatic carbocycles. The van der Waals surface area contributed by atoms with E-state index in [-0.39, 0.29) is 25.1 Å². The molecule has 0 unspecified atom stereocenters. The Balaban J connectivity index is 1.71. The first-order valence-electron chi connectivity index (χ1n) is 15.0. The van der Waals surface area contributed by atoms with E-state index in [0.29, 0.717) is 23.4 Å². The lowest BCUT2D eigenvalue weighted by Gasteiger charge is -2.25. The fourth-order valence-electron chi connectivity index (χ4n) is 5.93. The molecule has 1 aliphatic rings. The van der Waals surface area contributed by atoms with Crippen molar-refractivity contribution in [3.63, 3.8) is 0 Å². The summed E-state index contributed by atoms with van der Waals surface area (Å²) in [7, 11) is 9.33. The molecule has 4 rings (SSSR count). The molecular weight excluding hydrogens is 574 g/mol. The van der Waals surface area contributed by atoms with Crippen LogP contribution < -0.4 is 20.7 Å². The van der Waals surface area contributed by atoms with Crippen molar-refractivity contribution in [2.75, 3.05) is 53.4 Å². The van der Waals surface area contributed by atoms with Crippen LogP contribution in [0.15, 0.2) is 66.7 Å². The molecule has 0 bridgehead atoms. The highest BCUT2D eigenvalue weighted by atomic mass is 16.7. The van der Waals surface area contributed by atoms with Crippen LogP contribution in [0.5, 0.6) is 5.75 Å². The average molecular weight is 620 g/mol. The van der Waals surface area contributed by atoms with Crippen molar-refractivity contribution >= 4 is 17.5 Å². The van der Waals surface area contributed by atoms with Crippen molar-refractivity contribution in [3.8, 4) is 16.9 Å². The molecule has 0 spiro atoms. The number of carbonyl (C=O) groups excluding carboxylic acids is 2. The monoisotopic (exact) mass is 619 g/mol. The summed E-state index contributed by atoms with van der Waals surface area (Å²) in [4.78, 5) is 36.1. The summed E-state index contributed by atoms with van der Waals surface area (Å²) in [6.07, 6.45) is -1.72. The van der Waals surface area contributed by atoms with Crippen LogP contribution in [0.25, 0.3) is 11.1 Å². The Morgan fingerprint density at radius 1 is 1.07 bits per heavy atom. The van der Waals surface area contributed by atoms with Crippen LogP contribution in [0, 0.1) is 5.92 Å². The number of para-hydroxylation sites is 1. The molecule has 45 heavy (non-hydrogen) atoms. The van der Waals surface area contributed by atoms with Crippen LogP contribution in [0.2, 0.25) is 0 Å². The minimum atomic E-state index is -0.956. The number of primary amides is 1. The molecule has 1 fully saturated rings. The lowest BCUT2D eigenvalue weighted by Crippen LogP contribution is -2.47. The third kappa shape index (κ3) is 7.81. The van der Waals surface area contributed by atoms with Gasteiger partial charge in [0.05, 0.1) is 32.4 Å². The summed E-state index contributed by atoms with van der Waals surface area (Å²) >= 11 is 0. The molecule has 2 amide bonds. The number of methoxy groups -OCH3 is 1. The SMILES string of the molecule is COc1c(CN2O[C@@H](CO)[C@@H]([C@H](C)O)[C@H]2C(N)=O)cccc1-c1cc(C(=O)N[C@H](CN(C)C)c2ccccc2)cc(N(C)C)c1. The standard InChI is InChI=1S/C34H45N5O6/c1-21(41)30-29(20-40)45-39(31(30)33(35)42)18-23-13-10-14-27(32(23)44-6)24-15-25(17-26(16-24)38(4)5)34(43)36-28(19-37(2)3)22-11-8-7-9-12-22/h7-17,21,28-31,40-41H,18-20H2,1-6H3,(H2,35,42)(H,36,43)/t21-,28+,29-,30+,31-/m0/s1. The maximum atomic E-state index is 13.8. The number of hydrogen-bond acceptors (Lipinski definition) is 9. The molecule has 1 aliphatic heterocycles. The molecule has 242 valence electrons. The first kappa shape index (κ1) is 33.9. The van der Waals surface area contributed by atoms with Crippen LogP contribution >= 0.6 is 0 Å². The number of hydrogen-bond donors (Lipinski definition) is 4. The van der Waals surface area contributed by atoms with E-state index in [1.807, 2.05) is 105 Å². The van der Waals surface area contributed by atoms with Gasteiger partial charge in [0.2, 0.25) is 5.91 Å². The summed E-state index contributed by atoms with van der Waals surface area (Å²) in [6, 6.07) is 20.0. The summed E-state index contributed by atoms with van der Waals surface area (Å²) in [6.45, 7) is 1.90. The van der Waals surface area contributed by atoms with Gasteiger partial charge >= 0.3 is 0 Å². The van der Waals surface area contributed by atoms with E-state index >= 15 is 0 Å². The molecule has 1 heterocycles. The molecule has 0 saturated carbocycles. The number of carbonyl (C=O) groups is 2. The molecular formula is C34H45N5O6. The van der Waals surface area contributed by atoms with Crippen LogP contribution in [0.4, 0.5) is 5.69 Å². The number of nitrogens with one attached hydrogen (secondary N) is 1. The number of nitrogens with two attached hydrogens (primary N) is 1. The Morgan fingerprint density at radius 2 is 1.78 bits per heavy atom. The number of hydroxylamine groups is 2. The van der Waals surface area contributed by atoms with E-state index < -0.39 is 30.1 Å². The van der Waals surface area contributed by atoms with E-state index in [9.17, 15) is 19.8 Å². The number of ether oxygens (including phenoxy) is 1. The van der Waals surface area contributed by atoms with E-state index in [1.165, 1.54) is 5.06 Å². The molecule has 0 aromatic heterocycles. The summed E-state index contributed by atoms with van der Waals surface area (Å²) in [5.74, 6) is -1.04. The van der Waals surface area contributed by atoms with Gasteiger partial charge in [0.15, 0.2) is 0 Å². The Hall–Kier alpha value is -4.00. The van der Waals surface area contributed by atoms with Gasteiger partial charge in [-0.25, -0.2) is 0 Å². The molecule has 5 N–H and O–H groups in total. The zero-order valence-electron chi connectivity index (χ0n) is 26.8. The summed E-state index contributed by atoms with van der Waals surface area (Å²) in [5, 5.41) is 24.9. The number of likely N-dealkylation sites (N-methyl/N-ethyl adjacent to an activating group) is 1. The Morgan fingerprint density at radius 3 is 2.36 bits per heavy atom. The third-order valence-electron chi connectivity index (χ3n) is 8.09. The van der Waals surface area contributed by atoms with Gasteiger partial charge in [0.25, 0.3) is 5.91 Å². The van der Waals surface area contributed by atoms with Crippen LogP contribution in [0.1, 0.15) is 34.5 Å². The average Bonchev–Trinajstić information content (AvgIpc) is 3.39. The number of benzene rings is 3. The van der Waals surface area contributed by atoms with Gasteiger partial charge in [-0.05, 0) is 50.3 Å². The fourth-order valence-corrected chi connectivity index (χ4v) is 5.93. The number of rotatable bonds is 13. The fraction of sp³-hybridized carbons (Fsp3) is 0.412. The Bertz CT molecular complexity index is 1460. The second-order valence-electron chi connectivity index (χ2n) is 11.9. The zero-order chi connectivity index (χ0) is 32.8. The maximum absolute atomic E-state index is 13.8. The lowest BCUT2D eigenvalue weighted by atomic mass is 9.89. The molecule has 1 saturated heterocycles. The second kappa shape index (κ2) is 14.9. The lowest BCUT2D eigenvalue weighted by molar-refractivity contribution is -0.181. The molecule has 3 aromatic rings. The topological polar surface area (TPSA) is 141 Å². The predicted molar refractivity (Wildman–Crippen MR) is 174 cm³/mol. The van der Waals surface area contributed by atoms with Crippen molar-refractivity contribution in [2.24, 2.45) is 11.7 Å². The third-order valence-corrected chi connectivity index (χ3v) is 8.09. The van der Waals surface area contributed by atoms with Gasteiger partial charge in [0, 0.05) is 48.9 Å². The van der Waals surface area contributed by atoms with Gasteiger partial charge in [-0.2, -0.15) is 5.06 Å². The largest absolute Gasteiger partial charge is 0.496 e. The molecule has 0 aliphatic carbocycles. The van der Waals surface area contributed by atoms with Gasteiger partial charge in [-0.1, -0.05) is 48.5 Å². The molecule has 0 radical (unpaired) electrons. The molecule has 11 nitrogen and oxygen atoms in total. The van der Waals surface area contributed by atoms with E-state index in [2.05, 4.69) is 5.32 Å².